The first kappa shape index (κ1) is 15.0. The number of thiophene rings is 1. The van der Waals surface area contributed by atoms with Crippen LogP contribution in [0.5, 0.6) is 0 Å². The van der Waals surface area contributed by atoms with Crippen molar-refractivity contribution in [3.8, 4) is 0 Å². The van der Waals surface area contributed by atoms with E-state index >= 15 is 0 Å². The van der Waals surface area contributed by atoms with Crippen molar-refractivity contribution < 1.29 is 4.79 Å². The first-order valence-corrected chi connectivity index (χ1v) is 9.28. The Kier molecular flexibility index (Phi) is 5.31. The van der Waals surface area contributed by atoms with E-state index in [0.29, 0.717) is 6.04 Å². The van der Waals surface area contributed by atoms with E-state index in [1.165, 1.54) is 50.1 Å². The molecule has 1 N–H and O–H groups in total. The fourth-order valence-corrected chi connectivity index (χ4v) is 4.51. The van der Waals surface area contributed by atoms with Gasteiger partial charge in [0.05, 0.1) is 6.04 Å². The molecule has 116 valence electrons. The molecule has 1 saturated heterocycles. The highest BCUT2D eigenvalue weighted by Gasteiger charge is 2.26. The molecule has 3 rings (SSSR count). The van der Waals surface area contributed by atoms with Gasteiger partial charge in [-0.05, 0) is 50.2 Å². The van der Waals surface area contributed by atoms with Crippen molar-refractivity contribution in [3.63, 3.8) is 0 Å². The smallest absolute Gasteiger partial charge is 0.223 e. The fourth-order valence-electron chi connectivity index (χ4n) is 3.65. The second-order valence-electron chi connectivity index (χ2n) is 6.35. The van der Waals surface area contributed by atoms with Crippen LogP contribution in [0.1, 0.15) is 55.9 Å². The molecule has 1 amide bonds. The molecule has 2 aliphatic rings. The lowest BCUT2D eigenvalue weighted by molar-refractivity contribution is -0.126. The van der Waals surface area contributed by atoms with Gasteiger partial charge in [0.1, 0.15) is 0 Å². The highest BCUT2D eigenvalue weighted by atomic mass is 32.1. The minimum Gasteiger partial charge on any atom is -0.354 e. The highest BCUT2D eigenvalue weighted by molar-refractivity contribution is 7.10. The van der Waals surface area contributed by atoms with Crippen LogP contribution in [0.2, 0.25) is 0 Å². The summed E-state index contributed by atoms with van der Waals surface area (Å²) in [7, 11) is 0. The minimum atomic E-state index is 0.265. The lowest BCUT2D eigenvalue weighted by atomic mass is 9.88. The number of likely N-dealkylation sites (tertiary alicyclic amines) is 1. The molecule has 1 aliphatic carbocycles. The van der Waals surface area contributed by atoms with E-state index in [9.17, 15) is 4.79 Å². The number of hydrogen-bond acceptors (Lipinski definition) is 3. The normalized spacial score (nSPS) is 22.3. The summed E-state index contributed by atoms with van der Waals surface area (Å²) >= 11 is 1.81. The van der Waals surface area contributed by atoms with Crippen molar-refractivity contribution in [3.05, 3.63) is 22.4 Å². The molecule has 1 aromatic heterocycles. The van der Waals surface area contributed by atoms with Crippen LogP contribution >= 0.6 is 11.3 Å². The largest absolute Gasteiger partial charge is 0.354 e. The van der Waals surface area contributed by atoms with Crippen LogP contribution in [0.4, 0.5) is 0 Å². The molecule has 0 bridgehead atoms. The van der Waals surface area contributed by atoms with Gasteiger partial charge in [-0.1, -0.05) is 25.3 Å². The Morgan fingerprint density at radius 2 is 2.00 bits per heavy atom. The van der Waals surface area contributed by atoms with Gasteiger partial charge in [0, 0.05) is 17.3 Å². The van der Waals surface area contributed by atoms with Crippen LogP contribution in [-0.4, -0.2) is 30.4 Å². The molecule has 1 unspecified atom stereocenters. The number of amides is 1. The number of rotatable bonds is 5. The zero-order chi connectivity index (χ0) is 14.5. The molecule has 2 fully saturated rings. The topological polar surface area (TPSA) is 32.3 Å². The summed E-state index contributed by atoms with van der Waals surface area (Å²) in [5.41, 5.74) is 0. The SMILES string of the molecule is O=C(NCC(c1cccs1)N1CCCC1)C1CCCCC1. The summed E-state index contributed by atoms with van der Waals surface area (Å²) in [6.45, 7) is 3.11. The summed E-state index contributed by atoms with van der Waals surface area (Å²) in [6.07, 6.45) is 8.49. The van der Waals surface area contributed by atoms with Crippen LogP contribution in [0.3, 0.4) is 0 Å². The average Bonchev–Trinajstić information content (AvgIpc) is 3.22. The van der Waals surface area contributed by atoms with Crippen molar-refractivity contribution >= 4 is 17.2 Å². The third-order valence-electron chi connectivity index (χ3n) is 4.90. The van der Waals surface area contributed by atoms with Gasteiger partial charge in [-0.15, -0.1) is 11.3 Å². The molecule has 4 heteroatoms. The van der Waals surface area contributed by atoms with Crippen LogP contribution in [0.15, 0.2) is 17.5 Å². The van der Waals surface area contributed by atoms with Gasteiger partial charge < -0.3 is 5.32 Å². The summed E-state index contributed by atoms with van der Waals surface area (Å²) in [5.74, 6) is 0.553. The van der Waals surface area contributed by atoms with Crippen LogP contribution in [-0.2, 0) is 4.79 Å². The Bertz CT molecular complexity index is 434. The molecule has 0 spiro atoms. The number of hydrogen-bond donors (Lipinski definition) is 1. The standard InChI is InChI=1S/C17H26N2OS/c20-17(14-7-2-1-3-8-14)18-13-15(16-9-6-12-21-16)19-10-4-5-11-19/h6,9,12,14-15H,1-5,7-8,10-11,13H2,(H,18,20). The van der Waals surface area contributed by atoms with Crippen LogP contribution in [0, 0.1) is 5.92 Å². The van der Waals surface area contributed by atoms with E-state index in [2.05, 4.69) is 27.7 Å². The molecular formula is C17H26N2OS. The Hall–Kier alpha value is -0.870. The molecule has 21 heavy (non-hydrogen) atoms. The van der Waals surface area contributed by atoms with Crippen molar-refractivity contribution in [2.45, 2.75) is 51.0 Å². The van der Waals surface area contributed by atoms with Gasteiger partial charge in [-0.3, -0.25) is 9.69 Å². The zero-order valence-corrected chi connectivity index (χ0v) is 13.5. The van der Waals surface area contributed by atoms with E-state index in [4.69, 9.17) is 0 Å². The van der Waals surface area contributed by atoms with Gasteiger partial charge >= 0.3 is 0 Å². The number of carbonyl (C=O) groups excluding carboxylic acids is 1. The second-order valence-corrected chi connectivity index (χ2v) is 7.33. The van der Waals surface area contributed by atoms with E-state index in [1.807, 2.05) is 11.3 Å². The number of nitrogens with zero attached hydrogens (tertiary/aromatic N) is 1. The maximum Gasteiger partial charge on any atom is 0.223 e. The third kappa shape index (κ3) is 3.86. The number of carbonyl (C=O) groups is 1. The van der Waals surface area contributed by atoms with Crippen molar-refractivity contribution in [2.75, 3.05) is 19.6 Å². The average molecular weight is 306 g/mol. The van der Waals surface area contributed by atoms with Gasteiger partial charge in [-0.2, -0.15) is 0 Å². The van der Waals surface area contributed by atoms with Crippen molar-refractivity contribution in [1.29, 1.82) is 0 Å². The second kappa shape index (κ2) is 7.41. The molecule has 1 atom stereocenters. The summed E-state index contributed by atoms with van der Waals surface area (Å²) in [5, 5.41) is 5.38. The van der Waals surface area contributed by atoms with E-state index in [1.54, 1.807) is 0 Å². The van der Waals surface area contributed by atoms with Crippen molar-refractivity contribution in [2.24, 2.45) is 5.92 Å². The molecule has 1 aromatic rings. The van der Waals surface area contributed by atoms with Crippen LogP contribution in [0.25, 0.3) is 0 Å². The molecular weight excluding hydrogens is 280 g/mol. The predicted molar refractivity (Wildman–Crippen MR) is 87.5 cm³/mol. The first-order valence-electron chi connectivity index (χ1n) is 8.40. The first-order chi connectivity index (χ1) is 10.3. The van der Waals surface area contributed by atoms with E-state index < -0.39 is 0 Å². The summed E-state index contributed by atoms with van der Waals surface area (Å²) < 4.78 is 0. The quantitative estimate of drug-likeness (QED) is 0.902. The zero-order valence-electron chi connectivity index (χ0n) is 12.7. The fraction of sp³-hybridized carbons (Fsp3) is 0.706. The Balaban J connectivity index is 1.58. The van der Waals surface area contributed by atoms with Gasteiger partial charge in [-0.25, -0.2) is 0 Å². The maximum absolute atomic E-state index is 12.4. The van der Waals surface area contributed by atoms with Crippen molar-refractivity contribution in [1.82, 2.24) is 10.2 Å². The summed E-state index contributed by atoms with van der Waals surface area (Å²) in [6, 6.07) is 4.70. The molecule has 0 aromatic carbocycles. The number of nitrogens with one attached hydrogen (secondary N) is 1. The lowest BCUT2D eigenvalue weighted by Crippen LogP contribution is -2.39. The Morgan fingerprint density at radius 3 is 2.67 bits per heavy atom. The molecule has 3 nitrogen and oxygen atoms in total. The monoisotopic (exact) mass is 306 g/mol. The van der Waals surface area contributed by atoms with Gasteiger partial charge in [0.2, 0.25) is 5.91 Å². The summed E-state index contributed by atoms with van der Waals surface area (Å²) in [4.78, 5) is 16.3. The van der Waals surface area contributed by atoms with Gasteiger partial charge in [0.15, 0.2) is 0 Å². The molecule has 2 heterocycles. The highest BCUT2D eigenvalue weighted by Crippen LogP contribution is 2.28. The molecule has 1 saturated carbocycles. The Labute approximate surface area is 131 Å². The van der Waals surface area contributed by atoms with Gasteiger partial charge in [0.25, 0.3) is 0 Å². The molecule has 0 radical (unpaired) electrons. The third-order valence-corrected chi connectivity index (χ3v) is 5.87. The van der Waals surface area contributed by atoms with E-state index in [0.717, 1.165) is 19.4 Å². The lowest BCUT2D eigenvalue weighted by Gasteiger charge is -2.28. The predicted octanol–water partition coefficient (Wildman–Crippen LogP) is 3.58. The maximum atomic E-state index is 12.4. The van der Waals surface area contributed by atoms with Crippen LogP contribution < -0.4 is 5.32 Å². The Morgan fingerprint density at radius 1 is 1.24 bits per heavy atom. The molecule has 1 aliphatic heterocycles. The van der Waals surface area contributed by atoms with E-state index in [-0.39, 0.29) is 11.8 Å². The minimum absolute atomic E-state index is 0.265.